The standard InChI is InChI=1S/C25H27ClN4O3/c1-33-23-9-5-2-6-18(23)10-11-24(31)28-20-14-27-30(16-20)17-25(32)29-13-12-19(15-29)21-7-3-4-8-22(21)26/h2-9,14,16,19H,10-13,15,17H2,1H3,(H,28,31)/t19-/m1/s1. The molecule has 1 aromatic heterocycles. The normalized spacial score (nSPS) is 15.5. The van der Waals surface area contributed by atoms with Gasteiger partial charge in [0.2, 0.25) is 11.8 Å². The Morgan fingerprint density at radius 1 is 1.18 bits per heavy atom. The summed E-state index contributed by atoms with van der Waals surface area (Å²) in [6.45, 7) is 1.48. The molecule has 1 aliphatic rings. The number of para-hydroxylation sites is 1. The first-order chi connectivity index (χ1) is 16.0. The number of carbonyl (C=O) groups is 2. The summed E-state index contributed by atoms with van der Waals surface area (Å²) >= 11 is 6.32. The minimum atomic E-state index is -0.117. The molecule has 4 rings (SSSR count). The van der Waals surface area contributed by atoms with Gasteiger partial charge in [-0.1, -0.05) is 48.0 Å². The number of halogens is 1. The number of benzene rings is 2. The number of nitrogens with one attached hydrogen (secondary N) is 1. The Bertz CT molecular complexity index is 1130. The summed E-state index contributed by atoms with van der Waals surface area (Å²) < 4.78 is 6.88. The van der Waals surface area contributed by atoms with Gasteiger partial charge in [0.1, 0.15) is 12.3 Å². The number of methoxy groups -OCH3 is 1. The van der Waals surface area contributed by atoms with Gasteiger partial charge in [0.05, 0.1) is 19.0 Å². The molecule has 0 bridgehead atoms. The first-order valence-corrected chi connectivity index (χ1v) is 11.4. The molecule has 2 amide bonds. The maximum atomic E-state index is 12.8. The van der Waals surface area contributed by atoms with E-state index in [1.807, 2.05) is 53.4 Å². The molecule has 0 radical (unpaired) electrons. The van der Waals surface area contributed by atoms with Crippen LogP contribution in [0.4, 0.5) is 5.69 Å². The van der Waals surface area contributed by atoms with Crippen LogP contribution >= 0.6 is 11.6 Å². The van der Waals surface area contributed by atoms with Crippen molar-refractivity contribution in [1.29, 1.82) is 0 Å². The lowest BCUT2D eigenvalue weighted by Crippen LogP contribution is -2.31. The predicted octanol–water partition coefficient (Wildman–Crippen LogP) is 4.13. The van der Waals surface area contributed by atoms with Crippen molar-refractivity contribution < 1.29 is 14.3 Å². The maximum Gasteiger partial charge on any atom is 0.244 e. The molecule has 0 unspecified atom stereocenters. The van der Waals surface area contributed by atoms with E-state index in [-0.39, 0.29) is 24.3 Å². The zero-order valence-electron chi connectivity index (χ0n) is 18.5. The Labute approximate surface area is 198 Å². The molecule has 3 aromatic rings. The molecule has 2 aromatic carbocycles. The molecule has 1 atom stereocenters. The summed E-state index contributed by atoms with van der Waals surface area (Å²) in [5, 5.41) is 7.82. The van der Waals surface area contributed by atoms with Crippen molar-refractivity contribution in [1.82, 2.24) is 14.7 Å². The highest BCUT2D eigenvalue weighted by Crippen LogP contribution is 2.32. The zero-order valence-corrected chi connectivity index (χ0v) is 19.3. The summed E-state index contributed by atoms with van der Waals surface area (Å²) in [5.41, 5.74) is 2.65. The first kappa shape index (κ1) is 22.9. The lowest BCUT2D eigenvalue weighted by molar-refractivity contribution is -0.131. The molecule has 0 spiro atoms. The molecule has 1 N–H and O–H groups in total. The number of ether oxygens (including phenoxy) is 1. The Balaban J connectivity index is 1.27. The van der Waals surface area contributed by atoms with Crippen molar-refractivity contribution in [2.75, 3.05) is 25.5 Å². The number of amides is 2. The minimum Gasteiger partial charge on any atom is -0.496 e. The molecule has 1 fully saturated rings. The van der Waals surface area contributed by atoms with E-state index >= 15 is 0 Å². The number of hydrogen-bond donors (Lipinski definition) is 1. The highest BCUT2D eigenvalue weighted by Gasteiger charge is 2.28. The van der Waals surface area contributed by atoms with Gasteiger partial charge in [0.15, 0.2) is 0 Å². The van der Waals surface area contributed by atoms with Gasteiger partial charge < -0.3 is 15.0 Å². The third-order valence-corrected chi connectivity index (χ3v) is 6.26. The van der Waals surface area contributed by atoms with Gasteiger partial charge in [-0.15, -0.1) is 0 Å². The van der Waals surface area contributed by atoms with Crippen LogP contribution in [0.25, 0.3) is 0 Å². The van der Waals surface area contributed by atoms with E-state index in [0.717, 1.165) is 28.3 Å². The van der Waals surface area contributed by atoms with Crippen LogP contribution in [0.2, 0.25) is 5.02 Å². The van der Waals surface area contributed by atoms with Gasteiger partial charge in [-0.3, -0.25) is 14.3 Å². The Morgan fingerprint density at radius 3 is 2.79 bits per heavy atom. The van der Waals surface area contributed by atoms with E-state index in [0.29, 0.717) is 31.6 Å². The average molecular weight is 467 g/mol. The minimum absolute atomic E-state index is 0.00158. The highest BCUT2D eigenvalue weighted by molar-refractivity contribution is 6.31. The summed E-state index contributed by atoms with van der Waals surface area (Å²) in [4.78, 5) is 27.0. The number of anilines is 1. The van der Waals surface area contributed by atoms with Crippen molar-refractivity contribution in [2.24, 2.45) is 0 Å². The lowest BCUT2D eigenvalue weighted by Gasteiger charge is -2.17. The van der Waals surface area contributed by atoms with Crippen LogP contribution in [0, 0.1) is 0 Å². The monoisotopic (exact) mass is 466 g/mol. The fourth-order valence-corrected chi connectivity index (χ4v) is 4.47. The van der Waals surface area contributed by atoms with Gasteiger partial charge in [0, 0.05) is 36.6 Å². The number of aromatic nitrogens is 2. The van der Waals surface area contributed by atoms with Crippen molar-refractivity contribution in [3.63, 3.8) is 0 Å². The summed E-state index contributed by atoms with van der Waals surface area (Å²) in [6, 6.07) is 15.5. The molecule has 7 nitrogen and oxygen atoms in total. The predicted molar refractivity (Wildman–Crippen MR) is 128 cm³/mol. The molecule has 172 valence electrons. The van der Waals surface area contributed by atoms with Crippen LogP contribution in [-0.2, 0) is 22.6 Å². The second-order valence-electron chi connectivity index (χ2n) is 8.13. The Kier molecular flexibility index (Phi) is 7.29. The summed E-state index contributed by atoms with van der Waals surface area (Å²) in [7, 11) is 1.62. The molecular weight excluding hydrogens is 440 g/mol. The van der Waals surface area contributed by atoms with E-state index in [1.54, 1.807) is 24.2 Å². The third kappa shape index (κ3) is 5.73. The van der Waals surface area contributed by atoms with Crippen LogP contribution < -0.4 is 10.1 Å². The van der Waals surface area contributed by atoms with Crippen LogP contribution in [0.1, 0.15) is 29.9 Å². The molecule has 1 saturated heterocycles. The van der Waals surface area contributed by atoms with Crippen LogP contribution in [0.15, 0.2) is 60.9 Å². The number of rotatable bonds is 8. The smallest absolute Gasteiger partial charge is 0.244 e. The van der Waals surface area contributed by atoms with Crippen molar-refractivity contribution in [3.8, 4) is 5.75 Å². The quantitative estimate of drug-likeness (QED) is 0.541. The van der Waals surface area contributed by atoms with Gasteiger partial charge in [0.25, 0.3) is 0 Å². The van der Waals surface area contributed by atoms with E-state index < -0.39 is 0 Å². The van der Waals surface area contributed by atoms with Crippen LogP contribution in [-0.4, -0.2) is 46.7 Å². The molecule has 33 heavy (non-hydrogen) atoms. The molecule has 0 saturated carbocycles. The zero-order chi connectivity index (χ0) is 23.2. The van der Waals surface area contributed by atoms with Crippen molar-refractivity contribution >= 4 is 29.1 Å². The molecule has 8 heteroatoms. The van der Waals surface area contributed by atoms with Crippen LogP contribution in [0.3, 0.4) is 0 Å². The SMILES string of the molecule is COc1ccccc1CCC(=O)Nc1cnn(CC(=O)N2CC[C@@H](c3ccccc3Cl)C2)c1. The van der Waals surface area contributed by atoms with E-state index in [9.17, 15) is 9.59 Å². The number of aryl methyl sites for hydroxylation is 1. The fraction of sp³-hybridized carbons (Fsp3) is 0.320. The highest BCUT2D eigenvalue weighted by atomic mass is 35.5. The van der Waals surface area contributed by atoms with Gasteiger partial charge in [-0.05, 0) is 36.1 Å². The molecule has 1 aliphatic heterocycles. The number of likely N-dealkylation sites (tertiary alicyclic amines) is 1. The average Bonchev–Trinajstić information content (AvgIpc) is 3.48. The Morgan fingerprint density at radius 2 is 1.97 bits per heavy atom. The summed E-state index contributed by atoms with van der Waals surface area (Å²) in [5.74, 6) is 0.907. The molecule has 2 heterocycles. The van der Waals surface area contributed by atoms with Gasteiger partial charge in [-0.2, -0.15) is 5.10 Å². The van der Waals surface area contributed by atoms with E-state index in [1.165, 1.54) is 0 Å². The number of hydrogen-bond acceptors (Lipinski definition) is 4. The van der Waals surface area contributed by atoms with Crippen LogP contribution in [0.5, 0.6) is 5.75 Å². The molecular formula is C25H27ClN4O3. The molecule has 0 aliphatic carbocycles. The fourth-order valence-electron chi connectivity index (χ4n) is 4.18. The van der Waals surface area contributed by atoms with Crippen molar-refractivity contribution in [2.45, 2.75) is 31.7 Å². The summed E-state index contributed by atoms with van der Waals surface area (Å²) in [6.07, 6.45) is 5.03. The first-order valence-electron chi connectivity index (χ1n) is 11.0. The van der Waals surface area contributed by atoms with Crippen molar-refractivity contribution in [3.05, 3.63) is 77.1 Å². The Hall–Kier alpha value is -3.32. The van der Waals surface area contributed by atoms with E-state index in [4.69, 9.17) is 16.3 Å². The van der Waals surface area contributed by atoms with Gasteiger partial charge >= 0.3 is 0 Å². The second-order valence-corrected chi connectivity index (χ2v) is 8.54. The number of carbonyl (C=O) groups excluding carboxylic acids is 2. The van der Waals surface area contributed by atoms with Gasteiger partial charge in [-0.25, -0.2) is 0 Å². The second kappa shape index (κ2) is 10.5. The maximum absolute atomic E-state index is 12.8. The largest absolute Gasteiger partial charge is 0.496 e. The lowest BCUT2D eigenvalue weighted by atomic mass is 9.98. The number of nitrogens with zero attached hydrogens (tertiary/aromatic N) is 3. The topological polar surface area (TPSA) is 76.5 Å². The van der Waals surface area contributed by atoms with E-state index in [2.05, 4.69) is 10.4 Å². The third-order valence-electron chi connectivity index (χ3n) is 5.91.